The number of benzene rings is 1. The van der Waals surface area contributed by atoms with Crippen molar-refractivity contribution in [1.82, 2.24) is 9.80 Å². The average Bonchev–Trinajstić information content (AvgIpc) is 2.53. The molecule has 0 aromatic heterocycles. The van der Waals surface area contributed by atoms with E-state index in [0.717, 1.165) is 25.2 Å². The zero-order valence-corrected chi connectivity index (χ0v) is 13.4. The molecule has 1 aliphatic rings. The van der Waals surface area contributed by atoms with Crippen molar-refractivity contribution < 1.29 is 22.8 Å². The van der Waals surface area contributed by atoms with Gasteiger partial charge in [-0.2, -0.15) is 13.2 Å². The standard InChI is InChI=1S/C16H20F3N3O2/c1-21-7-9-22(10-8-21)15(24)6-5-14(23)20-13-4-2-3-12(11-13)16(17,18)19/h2-4,11H,5-10H2,1H3,(H,20,23). The minimum Gasteiger partial charge on any atom is -0.340 e. The molecule has 2 rings (SSSR count). The summed E-state index contributed by atoms with van der Waals surface area (Å²) in [6, 6.07) is 4.43. The van der Waals surface area contributed by atoms with Crippen molar-refractivity contribution in [2.24, 2.45) is 0 Å². The van der Waals surface area contributed by atoms with Crippen molar-refractivity contribution in [1.29, 1.82) is 0 Å². The van der Waals surface area contributed by atoms with Crippen LogP contribution in [0.15, 0.2) is 24.3 Å². The molecule has 24 heavy (non-hydrogen) atoms. The van der Waals surface area contributed by atoms with Crippen LogP contribution in [0, 0.1) is 0 Å². The second kappa shape index (κ2) is 7.65. The molecule has 5 nitrogen and oxygen atoms in total. The number of likely N-dealkylation sites (N-methyl/N-ethyl adjacent to an activating group) is 1. The van der Waals surface area contributed by atoms with E-state index in [-0.39, 0.29) is 24.4 Å². The molecule has 1 saturated heterocycles. The van der Waals surface area contributed by atoms with Crippen molar-refractivity contribution in [3.8, 4) is 0 Å². The molecule has 0 unspecified atom stereocenters. The molecule has 2 amide bonds. The van der Waals surface area contributed by atoms with Gasteiger partial charge in [-0.05, 0) is 25.2 Å². The number of nitrogens with zero attached hydrogens (tertiary/aromatic N) is 2. The summed E-state index contributed by atoms with van der Waals surface area (Å²) >= 11 is 0. The number of nitrogens with one attached hydrogen (secondary N) is 1. The number of anilines is 1. The quantitative estimate of drug-likeness (QED) is 0.912. The van der Waals surface area contributed by atoms with Gasteiger partial charge in [0.05, 0.1) is 5.56 Å². The number of piperazine rings is 1. The smallest absolute Gasteiger partial charge is 0.340 e. The summed E-state index contributed by atoms with van der Waals surface area (Å²) in [5.41, 5.74) is -0.754. The Kier molecular flexibility index (Phi) is 5.82. The van der Waals surface area contributed by atoms with E-state index in [1.165, 1.54) is 12.1 Å². The predicted molar refractivity (Wildman–Crippen MR) is 83.4 cm³/mol. The summed E-state index contributed by atoms with van der Waals surface area (Å²) in [6.07, 6.45) is -4.46. The third-order valence-electron chi connectivity index (χ3n) is 3.90. The zero-order valence-electron chi connectivity index (χ0n) is 13.4. The fraction of sp³-hybridized carbons (Fsp3) is 0.500. The van der Waals surface area contributed by atoms with E-state index in [0.29, 0.717) is 13.1 Å². The first-order chi connectivity index (χ1) is 11.3. The Morgan fingerprint density at radius 3 is 2.42 bits per heavy atom. The fourth-order valence-corrected chi connectivity index (χ4v) is 2.43. The minimum atomic E-state index is -4.46. The molecule has 0 radical (unpaired) electrons. The Balaban J connectivity index is 1.82. The van der Waals surface area contributed by atoms with Gasteiger partial charge < -0.3 is 15.1 Å². The molecule has 1 heterocycles. The summed E-state index contributed by atoms with van der Waals surface area (Å²) in [7, 11) is 1.98. The number of carbonyl (C=O) groups is 2. The Bertz CT molecular complexity index is 596. The molecule has 1 fully saturated rings. The Morgan fingerprint density at radius 2 is 1.79 bits per heavy atom. The van der Waals surface area contributed by atoms with Crippen LogP contribution in [-0.2, 0) is 15.8 Å². The van der Waals surface area contributed by atoms with E-state index in [1.807, 2.05) is 7.05 Å². The summed E-state index contributed by atoms with van der Waals surface area (Å²) in [5, 5.41) is 2.40. The molecule has 0 aliphatic carbocycles. The molecular formula is C16H20F3N3O2. The van der Waals surface area contributed by atoms with Gasteiger partial charge in [-0.25, -0.2) is 0 Å². The highest BCUT2D eigenvalue weighted by Gasteiger charge is 2.30. The lowest BCUT2D eigenvalue weighted by molar-refractivity contribution is -0.137. The third-order valence-corrected chi connectivity index (χ3v) is 3.90. The first-order valence-electron chi connectivity index (χ1n) is 7.69. The van der Waals surface area contributed by atoms with Gasteiger partial charge in [0.15, 0.2) is 0 Å². The van der Waals surface area contributed by atoms with Gasteiger partial charge in [-0.15, -0.1) is 0 Å². The van der Waals surface area contributed by atoms with Gasteiger partial charge in [-0.1, -0.05) is 6.07 Å². The van der Waals surface area contributed by atoms with Crippen molar-refractivity contribution in [3.63, 3.8) is 0 Å². The second-order valence-electron chi connectivity index (χ2n) is 5.81. The summed E-state index contributed by atoms with van der Waals surface area (Å²) in [4.78, 5) is 27.7. The van der Waals surface area contributed by atoms with E-state index in [1.54, 1.807) is 4.90 Å². The number of carbonyl (C=O) groups excluding carboxylic acids is 2. The van der Waals surface area contributed by atoms with Gasteiger partial charge in [-0.3, -0.25) is 9.59 Å². The lowest BCUT2D eigenvalue weighted by Crippen LogP contribution is -2.47. The first kappa shape index (κ1) is 18.3. The molecule has 0 bridgehead atoms. The van der Waals surface area contributed by atoms with E-state index in [9.17, 15) is 22.8 Å². The average molecular weight is 343 g/mol. The topological polar surface area (TPSA) is 52.7 Å². The van der Waals surface area contributed by atoms with Gasteiger partial charge in [0.2, 0.25) is 11.8 Å². The molecule has 0 saturated carbocycles. The lowest BCUT2D eigenvalue weighted by atomic mass is 10.2. The molecule has 0 spiro atoms. The van der Waals surface area contributed by atoms with Crippen LogP contribution in [0.4, 0.5) is 18.9 Å². The van der Waals surface area contributed by atoms with Crippen LogP contribution < -0.4 is 5.32 Å². The van der Waals surface area contributed by atoms with Crippen molar-refractivity contribution in [3.05, 3.63) is 29.8 Å². The van der Waals surface area contributed by atoms with Crippen molar-refractivity contribution >= 4 is 17.5 Å². The SMILES string of the molecule is CN1CCN(C(=O)CCC(=O)Nc2cccc(C(F)(F)F)c2)CC1. The maximum atomic E-state index is 12.6. The van der Waals surface area contributed by atoms with Gasteiger partial charge in [0, 0.05) is 44.7 Å². The number of amides is 2. The third kappa shape index (κ3) is 5.23. The first-order valence-corrected chi connectivity index (χ1v) is 7.69. The minimum absolute atomic E-state index is 0.0501. The van der Waals surface area contributed by atoms with Crippen LogP contribution in [0.25, 0.3) is 0 Å². The Hall–Kier alpha value is -2.09. The van der Waals surface area contributed by atoms with Crippen molar-refractivity contribution in [2.45, 2.75) is 19.0 Å². The van der Waals surface area contributed by atoms with E-state index in [4.69, 9.17) is 0 Å². The monoisotopic (exact) mass is 343 g/mol. The van der Waals surface area contributed by atoms with Gasteiger partial charge in [0.25, 0.3) is 0 Å². The fourth-order valence-electron chi connectivity index (χ4n) is 2.43. The maximum Gasteiger partial charge on any atom is 0.416 e. The highest BCUT2D eigenvalue weighted by atomic mass is 19.4. The van der Waals surface area contributed by atoms with Crippen LogP contribution in [0.1, 0.15) is 18.4 Å². The number of rotatable bonds is 4. The molecule has 1 aliphatic heterocycles. The number of hydrogen-bond donors (Lipinski definition) is 1. The van der Waals surface area contributed by atoms with Crippen LogP contribution in [0.3, 0.4) is 0 Å². The molecule has 0 atom stereocenters. The molecule has 132 valence electrons. The summed E-state index contributed by atoms with van der Waals surface area (Å²) in [5.74, 6) is -0.584. The molecule has 1 aromatic carbocycles. The van der Waals surface area contributed by atoms with Crippen LogP contribution in [0.5, 0.6) is 0 Å². The molecule has 1 N–H and O–H groups in total. The normalized spacial score (nSPS) is 16.1. The Labute approximate surface area is 138 Å². The summed E-state index contributed by atoms with van der Waals surface area (Å²) in [6.45, 7) is 2.85. The largest absolute Gasteiger partial charge is 0.416 e. The van der Waals surface area contributed by atoms with Crippen molar-refractivity contribution in [2.75, 3.05) is 38.5 Å². The van der Waals surface area contributed by atoms with E-state index < -0.39 is 17.6 Å². The van der Waals surface area contributed by atoms with Gasteiger partial charge >= 0.3 is 6.18 Å². The number of hydrogen-bond acceptors (Lipinski definition) is 3. The molecule has 1 aromatic rings. The molecule has 8 heteroatoms. The van der Waals surface area contributed by atoms with Crippen LogP contribution >= 0.6 is 0 Å². The summed E-state index contributed by atoms with van der Waals surface area (Å²) < 4.78 is 37.9. The Morgan fingerprint density at radius 1 is 1.12 bits per heavy atom. The van der Waals surface area contributed by atoms with E-state index in [2.05, 4.69) is 10.2 Å². The predicted octanol–water partition coefficient (Wildman–Crippen LogP) is 2.20. The highest BCUT2D eigenvalue weighted by Crippen LogP contribution is 2.30. The number of halogens is 3. The van der Waals surface area contributed by atoms with Gasteiger partial charge in [0.1, 0.15) is 0 Å². The van der Waals surface area contributed by atoms with Crippen LogP contribution in [-0.4, -0.2) is 54.8 Å². The molecular weight excluding hydrogens is 323 g/mol. The number of alkyl halides is 3. The van der Waals surface area contributed by atoms with Crippen LogP contribution in [0.2, 0.25) is 0 Å². The highest BCUT2D eigenvalue weighted by molar-refractivity contribution is 5.93. The second-order valence-corrected chi connectivity index (χ2v) is 5.81. The lowest BCUT2D eigenvalue weighted by Gasteiger charge is -2.32. The van der Waals surface area contributed by atoms with E-state index >= 15 is 0 Å². The zero-order chi connectivity index (χ0) is 17.7. The maximum absolute atomic E-state index is 12.6.